The largest absolute Gasteiger partial charge is 0.322 e. The van der Waals surface area contributed by atoms with E-state index in [-0.39, 0.29) is 16.6 Å². The predicted octanol–water partition coefficient (Wildman–Crippen LogP) is 2.05. The van der Waals surface area contributed by atoms with Gasteiger partial charge in [-0.25, -0.2) is 13.1 Å². The number of nitrogens with one attached hydrogen (secondary N) is 2. The highest BCUT2D eigenvalue weighted by atomic mass is 32.2. The molecule has 0 aliphatic carbocycles. The molecule has 0 saturated heterocycles. The Morgan fingerprint density at radius 2 is 1.61 bits per heavy atom. The second kappa shape index (κ2) is 6.72. The minimum atomic E-state index is -3.53. The van der Waals surface area contributed by atoms with Crippen LogP contribution in [-0.2, 0) is 10.0 Å². The summed E-state index contributed by atoms with van der Waals surface area (Å²) in [4.78, 5) is 23.6. The first kappa shape index (κ1) is 16.9. The molecule has 1 amide bonds. The molecule has 0 atom stereocenters. The molecule has 2 aromatic carbocycles. The molecule has 0 radical (unpaired) electrons. The first-order chi connectivity index (χ1) is 10.8. The molecule has 2 aromatic rings. The van der Waals surface area contributed by atoms with Crippen LogP contribution in [0.25, 0.3) is 0 Å². The van der Waals surface area contributed by atoms with Crippen LogP contribution in [0.15, 0.2) is 53.4 Å². The molecule has 2 N–H and O–H groups in total. The fraction of sp³-hybridized carbons (Fsp3) is 0.125. The first-order valence-corrected chi connectivity index (χ1v) is 8.28. The number of amides is 1. The third-order valence-corrected chi connectivity index (χ3v) is 4.65. The highest BCUT2D eigenvalue weighted by Crippen LogP contribution is 2.14. The fourth-order valence-corrected chi connectivity index (χ4v) is 2.65. The highest BCUT2D eigenvalue weighted by molar-refractivity contribution is 7.89. The minimum absolute atomic E-state index is 0.0788. The number of sulfonamides is 1. The molecule has 0 aliphatic rings. The summed E-state index contributed by atoms with van der Waals surface area (Å²) >= 11 is 0. The molecule has 6 nitrogen and oxygen atoms in total. The van der Waals surface area contributed by atoms with Crippen LogP contribution in [0.4, 0.5) is 5.69 Å². The zero-order chi connectivity index (χ0) is 17.0. The summed E-state index contributed by atoms with van der Waals surface area (Å²) in [6.45, 7) is 1.45. The van der Waals surface area contributed by atoms with Crippen LogP contribution in [0.2, 0.25) is 0 Å². The Labute approximate surface area is 134 Å². The Morgan fingerprint density at radius 3 is 2.17 bits per heavy atom. The molecule has 0 aromatic heterocycles. The zero-order valence-electron chi connectivity index (χ0n) is 12.7. The normalized spacial score (nSPS) is 11.0. The monoisotopic (exact) mass is 332 g/mol. The molecular formula is C16H16N2O4S. The van der Waals surface area contributed by atoms with E-state index < -0.39 is 10.0 Å². The maximum atomic E-state index is 12.2. The number of anilines is 1. The van der Waals surface area contributed by atoms with Crippen LogP contribution >= 0.6 is 0 Å². The molecule has 0 heterocycles. The Morgan fingerprint density at radius 1 is 0.957 bits per heavy atom. The summed E-state index contributed by atoms with van der Waals surface area (Å²) in [7, 11) is -2.22. The van der Waals surface area contributed by atoms with E-state index in [4.69, 9.17) is 0 Å². The van der Waals surface area contributed by atoms with Gasteiger partial charge in [0.1, 0.15) is 0 Å². The molecule has 23 heavy (non-hydrogen) atoms. The highest BCUT2D eigenvalue weighted by Gasteiger charge is 2.13. The van der Waals surface area contributed by atoms with Crippen molar-refractivity contribution in [1.29, 1.82) is 0 Å². The molecule has 0 unspecified atom stereocenters. The van der Waals surface area contributed by atoms with Crippen molar-refractivity contribution in [2.75, 3.05) is 12.4 Å². The fourth-order valence-electron chi connectivity index (χ4n) is 1.92. The maximum absolute atomic E-state index is 12.2. The van der Waals surface area contributed by atoms with Crippen molar-refractivity contribution < 1.29 is 18.0 Å². The van der Waals surface area contributed by atoms with Crippen molar-refractivity contribution in [3.8, 4) is 0 Å². The van der Waals surface area contributed by atoms with Gasteiger partial charge < -0.3 is 5.32 Å². The van der Waals surface area contributed by atoms with Crippen LogP contribution in [0.5, 0.6) is 0 Å². The number of hydrogen-bond donors (Lipinski definition) is 2. The standard InChI is InChI=1S/C16H16N2O4S/c1-11(19)13-4-3-5-14(10-13)18-16(20)12-6-8-15(9-7-12)23(21,22)17-2/h3-10,17H,1-2H3,(H,18,20). The van der Waals surface area contributed by atoms with E-state index in [1.165, 1.54) is 38.2 Å². The van der Waals surface area contributed by atoms with Gasteiger partial charge in [0, 0.05) is 16.8 Å². The third kappa shape index (κ3) is 4.02. The lowest BCUT2D eigenvalue weighted by Crippen LogP contribution is -2.19. The number of carbonyl (C=O) groups is 2. The lowest BCUT2D eigenvalue weighted by Gasteiger charge is -2.07. The predicted molar refractivity (Wildman–Crippen MR) is 87.1 cm³/mol. The lowest BCUT2D eigenvalue weighted by molar-refractivity contribution is 0.101. The van der Waals surface area contributed by atoms with Crippen LogP contribution in [0.3, 0.4) is 0 Å². The molecule has 120 valence electrons. The van der Waals surface area contributed by atoms with E-state index in [1.807, 2.05) is 0 Å². The van der Waals surface area contributed by atoms with E-state index in [0.717, 1.165) is 0 Å². The van der Waals surface area contributed by atoms with Gasteiger partial charge in [-0.2, -0.15) is 0 Å². The lowest BCUT2D eigenvalue weighted by atomic mass is 10.1. The van der Waals surface area contributed by atoms with Crippen molar-refractivity contribution in [2.24, 2.45) is 0 Å². The van der Waals surface area contributed by atoms with E-state index >= 15 is 0 Å². The van der Waals surface area contributed by atoms with Crippen molar-refractivity contribution in [2.45, 2.75) is 11.8 Å². The number of Topliss-reactive ketones (excluding diaryl/α,β-unsaturated/α-hetero) is 1. The summed E-state index contributed by atoms with van der Waals surface area (Å²) in [6.07, 6.45) is 0. The number of rotatable bonds is 5. The van der Waals surface area contributed by atoms with E-state index in [1.54, 1.807) is 24.3 Å². The van der Waals surface area contributed by atoms with Crippen LogP contribution in [0.1, 0.15) is 27.6 Å². The van der Waals surface area contributed by atoms with E-state index in [0.29, 0.717) is 16.8 Å². The first-order valence-electron chi connectivity index (χ1n) is 6.79. The maximum Gasteiger partial charge on any atom is 0.255 e. The van der Waals surface area contributed by atoms with Gasteiger partial charge in [0.05, 0.1) is 4.90 Å². The summed E-state index contributed by atoms with van der Waals surface area (Å²) in [5.41, 5.74) is 1.31. The molecule has 0 fully saturated rings. The number of ketones is 1. The third-order valence-electron chi connectivity index (χ3n) is 3.22. The molecule has 0 bridgehead atoms. The van der Waals surface area contributed by atoms with Crippen molar-refractivity contribution in [1.82, 2.24) is 4.72 Å². The Kier molecular flexibility index (Phi) is 4.92. The molecule has 0 aliphatic heterocycles. The van der Waals surface area contributed by atoms with Crippen molar-refractivity contribution >= 4 is 27.4 Å². The molecular weight excluding hydrogens is 316 g/mol. The summed E-state index contributed by atoms with van der Waals surface area (Å²) in [5.74, 6) is -0.484. The summed E-state index contributed by atoms with van der Waals surface area (Å²) in [6, 6.07) is 12.1. The van der Waals surface area contributed by atoms with Crippen LogP contribution in [0, 0.1) is 0 Å². The topological polar surface area (TPSA) is 92.3 Å². The number of carbonyl (C=O) groups excluding carboxylic acids is 2. The minimum Gasteiger partial charge on any atom is -0.322 e. The smallest absolute Gasteiger partial charge is 0.255 e. The molecule has 2 rings (SSSR count). The molecule has 0 spiro atoms. The van der Waals surface area contributed by atoms with Gasteiger partial charge in [-0.1, -0.05) is 12.1 Å². The van der Waals surface area contributed by atoms with Crippen LogP contribution in [-0.4, -0.2) is 27.2 Å². The SMILES string of the molecule is CNS(=O)(=O)c1ccc(C(=O)Nc2cccc(C(C)=O)c2)cc1. The van der Waals surface area contributed by atoms with Gasteiger partial charge in [-0.3, -0.25) is 9.59 Å². The van der Waals surface area contributed by atoms with Gasteiger partial charge in [0.25, 0.3) is 5.91 Å². The van der Waals surface area contributed by atoms with Crippen molar-refractivity contribution in [3.63, 3.8) is 0 Å². The zero-order valence-corrected chi connectivity index (χ0v) is 13.5. The Hall–Kier alpha value is -2.51. The van der Waals surface area contributed by atoms with Gasteiger partial charge in [-0.15, -0.1) is 0 Å². The van der Waals surface area contributed by atoms with Crippen molar-refractivity contribution in [3.05, 3.63) is 59.7 Å². The van der Waals surface area contributed by atoms with E-state index in [9.17, 15) is 18.0 Å². The second-order valence-corrected chi connectivity index (χ2v) is 6.71. The number of benzene rings is 2. The number of hydrogen-bond acceptors (Lipinski definition) is 4. The van der Waals surface area contributed by atoms with Gasteiger partial charge >= 0.3 is 0 Å². The molecule has 7 heteroatoms. The molecule has 0 saturated carbocycles. The second-order valence-electron chi connectivity index (χ2n) is 4.82. The Bertz CT molecular complexity index is 843. The van der Waals surface area contributed by atoms with Crippen LogP contribution < -0.4 is 10.0 Å². The Balaban J connectivity index is 2.18. The summed E-state index contributed by atoms with van der Waals surface area (Å²) in [5, 5.41) is 2.67. The van der Waals surface area contributed by atoms with Gasteiger partial charge in [-0.05, 0) is 50.4 Å². The van der Waals surface area contributed by atoms with Gasteiger partial charge in [0.2, 0.25) is 10.0 Å². The summed E-state index contributed by atoms with van der Waals surface area (Å²) < 4.78 is 25.5. The quantitative estimate of drug-likeness (QED) is 0.820. The average molecular weight is 332 g/mol. The van der Waals surface area contributed by atoms with Gasteiger partial charge in [0.15, 0.2) is 5.78 Å². The van der Waals surface area contributed by atoms with E-state index in [2.05, 4.69) is 10.0 Å². The average Bonchev–Trinajstić information content (AvgIpc) is 2.55.